The summed E-state index contributed by atoms with van der Waals surface area (Å²) in [5.74, 6) is -0.0115. The van der Waals surface area contributed by atoms with E-state index in [4.69, 9.17) is 0 Å². The highest BCUT2D eigenvalue weighted by atomic mass is 32.2. The summed E-state index contributed by atoms with van der Waals surface area (Å²) in [4.78, 5) is 13.7. The van der Waals surface area contributed by atoms with Crippen molar-refractivity contribution in [2.75, 3.05) is 23.4 Å². The molecule has 0 bridgehead atoms. The van der Waals surface area contributed by atoms with Crippen LogP contribution in [-0.2, 0) is 4.79 Å². The van der Waals surface area contributed by atoms with Crippen LogP contribution in [0.1, 0.15) is 17.9 Å². The number of para-hydroxylation sites is 1. The molecular formula is C17H18N2OS. The van der Waals surface area contributed by atoms with Gasteiger partial charge in [-0.15, -0.1) is 11.8 Å². The summed E-state index contributed by atoms with van der Waals surface area (Å²) in [5.41, 5.74) is 3.02. The van der Waals surface area contributed by atoms with E-state index in [0.29, 0.717) is 0 Å². The Morgan fingerprint density at radius 1 is 1.24 bits per heavy atom. The molecule has 0 fully saturated rings. The maximum atomic E-state index is 12.6. The molecule has 1 atom stereocenters. The normalized spacial score (nSPS) is 16.7. The molecule has 3 nitrogen and oxygen atoms in total. The van der Waals surface area contributed by atoms with Crippen LogP contribution in [0.2, 0.25) is 0 Å². The lowest BCUT2D eigenvalue weighted by Crippen LogP contribution is -2.27. The van der Waals surface area contributed by atoms with E-state index in [0.717, 1.165) is 34.8 Å². The van der Waals surface area contributed by atoms with Crippen molar-refractivity contribution in [3.8, 4) is 0 Å². The number of anilines is 2. The third-order valence-electron chi connectivity index (χ3n) is 3.74. The van der Waals surface area contributed by atoms with E-state index in [1.54, 1.807) is 11.8 Å². The molecule has 0 radical (unpaired) electrons. The van der Waals surface area contributed by atoms with Gasteiger partial charge in [-0.3, -0.25) is 4.79 Å². The second kappa shape index (κ2) is 6.22. The Morgan fingerprint density at radius 2 is 2.10 bits per heavy atom. The van der Waals surface area contributed by atoms with Crippen LogP contribution in [0.25, 0.3) is 0 Å². The molecule has 1 unspecified atom stereocenters. The standard InChI is InChI=1S/C17H18N2OS/c1-21-13-6-4-5-12(11-13)19-17(20)15-9-10-18-16-8-3-2-7-14(15)16/h2-8,11,15,18H,9-10H2,1H3,(H,19,20). The summed E-state index contributed by atoms with van der Waals surface area (Å²) in [6, 6.07) is 16.0. The molecule has 2 aromatic rings. The summed E-state index contributed by atoms with van der Waals surface area (Å²) in [6.07, 6.45) is 2.86. The van der Waals surface area contributed by atoms with Crippen LogP contribution in [0.5, 0.6) is 0 Å². The largest absolute Gasteiger partial charge is 0.385 e. The van der Waals surface area contributed by atoms with Crippen molar-refractivity contribution in [1.82, 2.24) is 0 Å². The van der Waals surface area contributed by atoms with Gasteiger partial charge < -0.3 is 10.6 Å². The van der Waals surface area contributed by atoms with Gasteiger partial charge in [-0.25, -0.2) is 0 Å². The van der Waals surface area contributed by atoms with Crippen molar-refractivity contribution < 1.29 is 4.79 Å². The molecule has 0 aliphatic carbocycles. The molecule has 1 aliphatic rings. The van der Waals surface area contributed by atoms with Crippen LogP contribution >= 0.6 is 11.8 Å². The Hall–Kier alpha value is -1.94. The second-order valence-corrected chi connectivity index (χ2v) is 5.96. The number of nitrogens with one attached hydrogen (secondary N) is 2. The molecule has 3 rings (SSSR count). The fourth-order valence-electron chi connectivity index (χ4n) is 2.67. The van der Waals surface area contributed by atoms with Crippen LogP contribution in [0.3, 0.4) is 0 Å². The van der Waals surface area contributed by atoms with E-state index in [9.17, 15) is 4.79 Å². The van der Waals surface area contributed by atoms with E-state index >= 15 is 0 Å². The summed E-state index contributed by atoms with van der Waals surface area (Å²) in [5, 5.41) is 6.39. The van der Waals surface area contributed by atoms with Gasteiger partial charge in [0.05, 0.1) is 5.92 Å². The predicted octanol–water partition coefficient (Wildman–Crippen LogP) is 3.95. The molecule has 0 saturated heterocycles. The molecule has 1 aliphatic heterocycles. The number of hydrogen-bond acceptors (Lipinski definition) is 3. The molecule has 0 saturated carbocycles. The number of thioether (sulfide) groups is 1. The Bertz CT molecular complexity index is 657. The average Bonchev–Trinajstić information content (AvgIpc) is 2.54. The summed E-state index contributed by atoms with van der Waals surface area (Å²) in [7, 11) is 0. The molecule has 1 heterocycles. The molecule has 108 valence electrons. The van der Waals surface area contributed by atoms with Crippen LogP contribution in [-0.4, -0.2) is 18.7 Å². The van der Waals surface area contributed by atoms with Crippen molar-refractivity contribution in [2.24, 2.45) is 0 Å². The first-order valence-corrected chi connectivity index (χ1v) is 8.28. The molecule has 21 heavy (non-hydrogen) atoms. The molecule has 0 aromatic heterocycles. The fraction of sp³-hybridized carbons (Fsp3) is 0.235. The number of carbonyl (C=O) groups excluding carboxylic acids is 1. The maximum Gasteiger partial charge on any atom is 0.232 e. The quantitative estimate of drug-likeness (QED) is 0.843. The Balaban J connectivity index is 1.80. The van der Waals surface area contributed by atoms with Gasteiger partial charge in [0.15, 0.2) is 0 Å². The molecule has 0 spiro atoms. The van der Waals surface area contributed by atoms with Gasteiger partial charge >= 0.3 is 0 Å². The zero-order chi connectivity index (χ0) is 14.7. The monoisotopic (exact) mass is 298 g/mol. The first-order valence-electron chi connectivity index (χ1n) is 7.05. The van der Waals surface area contributed by atoms with Crippen LogP contribution in [0.4, 0.5) is 11.4 Å². The lowest BCUT2D eigenvalue weighted by atomic mass is 9.90. The van der Waals surface area contributed by atoms with E-state index in [1.165, 1.54) is 0 Å². The van der Waals surface area contributed by atoms with Gasteiger partial charge in [-0.05, 0) is 42.5 Å². The van der Waals surface area contributed by atoms with Crippen LogP contribution in [0.15, 0.2) is 53.4 Å². The lowest BCUT2D eigenvalue weighted by molar-refractivity contribution is -0.117. The van der Waals surface area contributed by atoms with Crippen LogP contribution < -0.4 is 10.6 Å². The van der Waals surface area contributed by atoms with Gasteiger partial charge in [0.1, 0.15) is 0 Å². The van der Waals surface area contributed by atoms with Gasteiger partial charge in [-0.1, -0.05) is 24.3 Å². The average molecular weight is 298 g/mol. The third-order valence-corrected chi connectivity index (χ3v) is 4.46. The maximum absolute atomic E-state index is 12.6. The highest BCUT2D eigenvalue weighted by Gasteiger charge is 2.26. The van der Waals surface area contributed by atoms with Crippen molar-refractivity contribution in [3.05, 3.63) is 54.1 Å². The van der Waals surface area contributed by atoms with Crippen molar-refractivity contribution in [3.63, 3.8) is 0 Å². The number of benzene rings is 2. The Labute approximate surface area is 129 Å². The fourth-order valence-corrected chi connectivity index (χ4v) is 3.13. The van der Waals surface area contributed by atoms with Crippen molar-refractivity contribution >= 4 is 29.0 Å². The molecule has 1 amide bonds. The van der Waals surface area contributed by atoms with Gasteiger partial charge in [0, 0.05) is 22.8 Å². The van der Waals surface area contributed by atoms with Crippen molar-refractivity contribution in [1.29, 1.82) is 0 Å². The minimum absolute atomic E-state index is 0.0715. The van der Waals surface area contributed by atoms with E-state index < -0.39 is 0 Å². The highest BCUT2D eigenvalue weighted by molar-refractivity contribution is 7.98. The van der Waals surface area contributed by atoms with Gasteiger partial charge in [-0.2, -0.15) is 0 Å². The topological polar surface area (TPSA) is 41.1 Å². The van der Waals surface area contributed by atoms with E-state index in [-0.39, 0.29) is 11.8 Å². The number of fused-ring (bicyclic) bond motifs is 1. The smallest absolute Gasteiger partial charge is 0.232 e. The highest BCUT2D eigenvalue weighted by Crippen LogP contribution is 2.32. The lowest BCUT2D eigenvalue weighted by Gasteiger charge is -2.25. The van der Waals surface area contributed by atoms with Crippen molar-refractivity contribution in [2.45, 2.75) is 17.2 Å². The zero-order valence-electron chi connectivity index (χ0n) is 11.9. The number of hydrogen-bond donors (Lipinski definition) is 2. The first-order chi connectivity index (χ1) is 10.3. The summed E-state index contributed by atoms with van der Waals surface area (Å²) >= 11 is 1.67. The molecule has 2 aromatic carbocycles. The Kier molecular flexibility index (Phi) is 4.15. The summed E-state index contributed by atoms with van der Waals surface area (Å²) in [6.45, 7) is 0.833. The number of carbonyl (C=O) groups is 1. The number of rotatable bonds is 3. The summed E-state index contributed by atoms with van der Waals surface area (Å²) < 4.78 is 0. The van der Waals surface area contributed by atoms with Gasteiger partial charge in [0.25, 0.3) is 0 Å². The number of amides is 1. The molecule has 2 N–H and O–H groups in total. The van der Waals surface area contributed by atoms with Gasteiger partial charge in [0.2, 0.25) is 5.91 Å². The Morgan fingerprint density at radius 3 is 2.95 bits per heavy atom. The van der Waals surface area contributed by atoms with E-state index in [2.05, 4.69) is 10.6 Å². The SMILES string of the molecule is CSc1cccc(NC(=O)C2CCNc3ccccc32)c1. The zero-order valence-corrected chi connectivity index (χ0v) is 12.7. The third kappa shape index (κ3) is 3.05. The minimum atomic E-state index is -0.0830. The molecule has 4 heteroatoms. The second-order valence-electron chi connectivity index (χ2n) is 5.08. The van der Waals surface area contributed by atoms with E-state index in [1.807, 2.05) is 54.8 Å². The first kappa shape index (κ1) is 14.0. The van der Waals surface area contributed by atoms with Crippen LogP contribution in [0, 0.1) is 0 Å². The predicted molar refractivity (Wildman–Crippen MR) is 89.1 cm³/mol. The minimum Gasteiger partial charge on any atom is -0.385 e. The molecular weight excluding hydrogens is 280 g/mol.